The molecule has 2 rings (SSSR count). The molecule has 0 unspecified atom stereocenters. The molecule has 0 spiro atoms. The maximum absolute atomic E-state index is 12.3. The Morgan fingerprint density at radius 3 is 2.65 bits per heavy atom. The molecule has 2 N–H and O–H groups in total. The Morgan fingerprint density at radius 1 is 1.40 bits per heavy atom. The molecule has 0 amide bonds. The van der Waals surface area contributed by atoms with E-state index in [1.807, 2.05) is 0 Å². The van der Waals surface area contributed by atoms with E-state index in [-0.39, 0.29) is 15.3 Å². The molecule has 1 saturated heterocycles. The smallest absolute Gasteiger partial charge is 0.242 e. The standard InChI is InChI=1S/C13H18BrClN2O2S/c1-13(4-6-16-7-5-13)9-17-20(18,19)12-3-2-10(14)8-11(12)15/h2-3,8,16-17H,4-7,9H2,1H3. The van der Waals surface area contributed by atoms with Crippen molar-refractivity contribution in [3.05, 3.63) is 27.7 Å². The van der Waals surface area contributed by atoms with Crippen LogP contribution >= 0.6 is 27.5 Å². The van der Waals surface area contributed by atoms with E-state index >= 15 is 0 Å². The Labute approximate surface area is 133 Å². The quantitative estimate of drug-likeness (QED) is 0.843. The highest BCUT2D eigenvalue weighted by Crippen LogP contribution is 2.29. The lowest BCUT2D eigenvalue weighted by atomic mass is 9.81. The molecule has 1 aliphatic heterocycles. The highest BCUT2D eigenvalue weighted by atomic mass is 79.9. The summed E-state index contributed by atoms with van der Waals surface area (Å²) >= 11 is 9.28. The maximum atomic E-state index is 12.3. The second-order valence-corrected chi connectivity index (χ2v) is 8.52. The topological polar surface area (TPSA) is 58.2 Å². The van der Waals surface area contributed by atoms with Gasteiger partial charge in [0.1, 0.15) is 4.90 Å². The lowest BCUT2D eigenvalue weighted by molar-refractivity contribution is 0.232. The summed E-state index contributed by atoms with van der Waals surface area (Å²) < 4.78 is 28.1. The summed E-state index contributed by atoms with van der Waals surface area (Å²) in [6.07, 6.45) is 1.92. The summed E-state index contributed by atoms with van der Waals surface area (Å²) in [5.41, 5.74) is 0.000159. The van der Waals surface area contributed by atoms with Gasteiger partial charge in [0, 0.05) is 11.0 Å². The molecular weight excluding hydrogens is 364 g/mol. The van der Waals surface area contributed by atoms with Crippen LogP contribution in [0.1, 0.15) is 19.8 Å². The molecule has 0 radical (unpaired) electrons. The minimum Gasteiger partial charge on any atom is -0.317 e. The van der Waals surface area contributed by atoms with Gasteiger partial charge in [-0.3, -0.25) is 0 Å². The van der Waals surface area contributed by atoms with Gasteiger partial charge in [0.2, 0.25) is 10.0 Å². The van der Waals surface area contributed by atoms with Crippen molar-refractivity contribution in [3.63, 3.8) is 0 Å². The molecule has 0 aromatic heterocycles. The predicted molar refractivity (Wildman–Crippen MR) is 84.6 cm³/mol. The van der Waals surface area contributed by atoms with E-state index in [2.05, 4.69) is 32.9 Å². The summed E-state index contributed by atoms with van der Waals surface area (Å²) in [6.45, 7) is 4.40. The molecule has 1 aliphatic rings. The first-order valence-electron chi connectivity index (χ1n) is 6.48. The number of rotatable bonds is 4. The van der Waals surface area contributed by atoms with Crippen LogP contribution in [-0.4, -0.2) is 28.1 Å². The third-order valence-electron chi connectivity index (χ3n) is 3.68. The normalized spacial score (nSPS) is 18.9. The SMILES string of the molecule is CC1(CNS(=O)(=O)c2ccc(Br)cc2Cl)CCNCC1. The van der Waals surface area contributed by atoms with Gasteiger partial charge in [-0.25, -0.2) is 13.1 Å². The number of nitrogens with one attached hydrogen (secondary N) is 2. The molecule has 0 atom stereocenters. The lowest BCUT2D eigenvalue weighted by Gasteiger charge is -2.34. The fourth-order valence-electron chi connectivity index (χ4n) is 2.25. The first-order chi connectivity index (χ1) is 9.32. The lowest BCUT2D eigenvalue weighted by Crippen LogP contribution is -2.42. The largest absolute Gasteiger partial charge is 0.317 e. The summed E-state index contributed by atoms with van der Waals surface area (Å²) in [7, 11) is -3.57. The second kappa shape index (κ2) is 6.32. The van der Waals surface area contributed by atoms with E-state index in [1.165, 1.54) is 6.07 Å². The van der Waals surface area contributed by atoms with Crippen LogP contribution < -0.4 is 10.0 Å². The fraction of sp³-hybridized carbons (Fsp3) is 0.538. The molecule has 1 fully saturated rings. The zero-order valence-electron chi connectivity index (χ0n) is 11.2. The monoisotopic (exact) mass is 380 g/mol. The molecule has 1 aromatic rings. The van der Waals surface area contributed by atoms with Crippen molar-refractivity contribution < 1.29 is 8.42 Å². The molecule has 7 heteroatoms. The summed E-state index contributed by atoms with van der Waals surface area (Å²) in [5, 5.41) is 3.50. The van der Waals surface area contributed by atoms with Gasteiger partial charge >= 0.3 is 0 Å². The highest BCUT2D eigenvalue weighted by Gasteiger charge is 2.29. The average molecular weight is 382 g/mol. The van der Waals surface area contributed by atoms with Gasteiger partial charge in [0.25, 0.3) is 0 Å². The molecule has 0 bridgehead atoms. The van der Waals surface area contributed by atoms with E-state index in [1.54, 1.807) is 12.1 Å². The van der Waals surface area contributed by atoms with Crippen molar-refractivity contribution in [1.82, 2.24) is 10.0 Å². The van der Waals surface area contributed by atoms with Gasteiger partial charge in [-0.15, -0.1) is 0 Å². The minimum absolute atomic E-state index is 0.000159. The Balaban J connectivity index is 2.11. The van der Waals surface area contributed by atoms with E-state index in [0.29, 0.717) is 6.54 Å². The number of sulfonamides is 1. The number of piperidine rings is 1. The summed E-state index contributed by atoms with van der Waals surface area (Å²) in [5.74, 6) is 0. The minimum atomic E-state index is -3.57. The van der Waals surface area contributed by atoms with E-state index in [9.17, 15) is 8.42 Å². The summed E-state index contributed by atoms with van der Waals surface area (Å²) in [6, 6.07) is 4.77. The number of benzene rings is 1. The molecule has 1 aromatic carbocycles. The number of hydrogen-bond donors (Lipinski definition) is 2. The van der Waals surface area contributed by atoms with Crippen LogP contribution in [0.5, 0.6) is 0 Å². The van der Waals surface area contributed by atoms with Gasteiger partial charge in [0.05, 0.1) is 5.02 Å². The molecule has 112 valence electrons. The first-order valence-corrected chi connectivity index (χ1v) is 9.13. The average Bonchev–Trinajstić information content (AvgIpc) is 2.37. The molecular formula is C13H18BrClN2O2S. The van der Waals surface area contributed by atoms with E-state index in [4.69, 9.17) is 11.6 Å². The van der Waals surface area contributed by atoms with Crippen molar-refractivity contribution in [3.8, 4) is 0 Å². The van der Waals surface area contributed by atoms with Gasteiger partial charge in [0.15, 0.2) is 0 Å². The Morgan fingerprint density at radius 2 is 2.05 bits per heavy atom. The van der Waals surface area contributed by atoms with Gasteiger partial charge in [-0.2, -0.15) is 0 Å². The zero-order chi connectivity index (χ0) is 14.8. The van der Waals surface area contributed by atoms with Crippen molar-refractivity contribution in [2.45, 2.75) is 24.7 Å². The fourth-order valence-corrected chi connectivity index (χ4v) is 4.48. The first kappa shape index (κ1) is 16.2. The van der Waals surface area contributed by atoms with E-state index < -0.39 is 10.0 Å². The van der Waals surface area contributed by atoms with Crippen molar-refractivity contribution >= 4 is 37.6 Å². The van der Waals surface area contributed by atoms with Gasteiger partial charge in [-0.1, -0.05) is 34.5 Å². The van der Waals surface area contributed by atoms with E-state index in [0.717, 1.165) is 30.4 Å². The van der Waals surface area contributed by atoms with Crippen molar-refractivity contribution in [2.24, 2.45) is 5.41 Å². The molecule has 0 saturated carbocycles. The Bertz CT molecular complexity index is 586. The predicted octanol–water partition coefficient (Wildman–Crippen LogP) is 2.77. The molecule has 4 nitrogen and oxygen atoms in total. The maximum Gasteiger partial charge on any atom is 0.242 e. The van der Waals surface area contributed by atoms with Crippen molar-refractivity contribution in [1.29, 1.82) is 0 Å². The van der Waals surface area contributed by atoms with Crippen LogP contribution in [0.15, 0.2) is 27.6 Å². The third-order valence-corrected chi connectivity index (χ3v) is 6.06. The van der Waals surface area contributed by atoms with Crippen LogP contribution in [0, 0.1) is 5.41 Å². The number of halogens is 2. The van der Waals surface area contributed by atoms with Crippen LogP contribution in [0.3, 0.4) is 0 Å². The molecule has 20 heavy (non-hydrogen) atoms. The molecule has 0 aliphatic carbocycles. The Hall–Kier alpha value is -0.140. The van der Waals surface area contributed by atoms with Crippen LogP contribution in [0.2, 0.25) is 5.02 Å². The van der Waals surface area contributed by atoms with Gasteiger partial charge < -0.3 is 5.32 Å². The van der Waals surface area contributed by atoms with Gasteiger partial charge in [-0.05, 0) is 49.5 Å². The second-order valence-electron chi connectivity index (χ2n) is 5.46. The third kappa shape index (κ3) is 3.95. The highest BCUT2D eigenvalue weighted by molar-refractivity contribution is 9.10. The van der Waals surface area contributed by atoms with Crippen LogP contribution in [0.25, 0.3) is 0 Å². The van der Waals surface area contributed by atoms with Crippen LogP contribution in [-0.2, 0) is 10.0 Å². The zero-order valence-corrected chi connectivity index (χ0v) is 14.4. The van der Waals surface area contributed by atoms with Crippen LogP contribution in [0.4, 0.5) is 0 Å². The number of hydrogen-bond acceptors (Lipinski definition) is 3. The Kier molecular flexibility index (Phi) is 5.13. The molecule has 1 heterocycles. The van der Waals surface area contributed by atoms with Crippen molar-refractivity contribution in [2.75, 3.05) is 19.6 Å². The summed E-state index contributed by atoms with van der Waals surface area (Å²) in [4.78, 5) is 0.125.